The molecule has 2 rings (SSSR count). The van der Waals surface area contributed by atoms with Crippen LogP contribution in [0.15, 0.2) is 4.99 Å². The number of aliphatic imine (C=N–C) groups is 1. The summed E-state index contributed by atoms with van der Waals surface area (Å²) in [5.74, 6) is 0.470. The minimum atomic E-state index is -4.13. The van der Waals surface area contributed by atoms with Gasteiger partial charge in [0.1, 0.15) is 0 Å². The third-order valence-corrected chi connectivity index (χ3v) is 4.33. The Morgan fingerprint density at radius 3 is 2.57 bits per heavy atom. The average Bonchev–Trinajstić information content (AvgIpc) is 3.06. The molecular formula is C14H25F3N4. The van der Waals surface area contributed by atoms with Crippen molar-refractivity contribution in [2.45, 2.75) is 56.8 Å². The van der Waals surface area contributed by atoms with Crippen LogP contribution in [0.2, 0.25) is 0 Å². The second-order valence-electron chi connectivity index (χ2n) is 5.93. The standard InChI is InChI=1S/C14H25F3N4/c1-18-13(19-8-7-14(15,16)17)20-11-6-9-21(10-11)12-4-2-3-5-12/h11-12H,2-10H2,1H3,(H2,18,19,20). The summed E-state index contributed by atoms with van der Waals surface area (Å²) in [6, 6.07) is 0.986. The lowest BCUT2D eigenvalue weighted by Gasteiger charge is -2.24. The van der Waals surface area contributed by atoms with Crippen LogP contribution in [0.1, 0.15) is 38.5 Å². The van der Waals surface area contributed by atoms with E-state index in [0.717, 1.165) is 19.5 Å². The van der Waals surface area contributed by atoms with Crippen LogP contribution >= 0.6 is 0 Å². The number of likely N-dealkylation sites (tertiary alicyclic amines) is 1. The quantitative estimate of drug-likeness (QED) is 0.617. The minimum Gasteiger partial charge on any atom is -0.356 e. The summed E-state index contributed by atoms with van der Waals surface area (Å²) in [6.07, 6.45) is 1.26. The second kappa shape index (κ2) is 7.33. The number of guanidine groups is 1. The second-order valence-corrected chi connectivity index (χ2v) is 5.93. The summed E-state index contributed by atoms with van der Waals surface area (Å²) in [5, 5.41) is 5.97. The van der Waals surface area contributed by atoms with Crippen LogP contribution in [0, 0.1) is 0 Å². The van der Waals surface area contributed by atoms with Crippen molar-refractivity contribution in [2.75, 3.05) is 26.7 Å². The number of nitrogens with zero attached hydrogens (tertiary/aromatic N) is 2. The topological polar surface area (TPSA) is 39.7 Å². The van der Waals surface area contributed by atoms with Gasteiger partial charge in [-0.2, -0.15) is 13.2 Å². The van der Waals surface area contributed by atoms with Gasteiger partial charge in [0.2, 0.25) is 0 Å². The Balaban J connectivity index is 1.70. The van der Waals surface area contributed by atoms with Crippen LogP contribution in [-0.2, 0) is 0 Å². The van der Waals surface area contributed by atoms with Gasteiger partial charge in [0.25, 0.3) is 0 Å². The highest BCUT2D eigenvalue weighted by Crippen LogP contribution is 2.26. The highest BCUT2D eigenvalue weighted by atomic mass is 19.4. The molecule has 1 saturated heterocycles. The van der Waals surface area contributed by atoms with Gasteiger partial charge in [0.05, 0.1) is 6.42 Å². The Bertz CT molecular complexity index is 351. The van der Waals surface area contributed by atoms with E-state index in [1.165, 1.54) is 25.7 Å². The lowest BCUT2D eigenvalue weighted by atomic mass is 10.2. The maximum absolute atomic E-state index is 12.1. The summed E-state index contributed by atoms with van der Waals surface area (Å²) in [7, 11) is 1.59. The van der Waals surface area contributed by atoms with E-state index < -0.39 is 12.6 Å². The Morgan fingerprint density at radius 1 is 1.24 bits per heavy atom. The van der Waals surface area contributed by atoms with Crippen molar-refractivity contribution in [3.63, 3.8) is 0 Å². The zero-order valence-corrected chi connectivity index (χ0v) is 12.5. The van der Waals surface area contributed by atoms with Crippen molar-refractivity contribution in [2.24, 2.45) is 4.99 Å². The summed E-state index contributed by atoms with van der Waals surface area (Å²) >= 11 is 0. The summed E-state index contributed by atoms with van der Waals surface area (Å²) < 4.78 is 36.4. The van der Waals surface area contributed by atoms with Crippen molar-refractivity contribution in [3.8, 4) is 0 Å². The fourth-order valence-electron chi connectivity index (χ4n) is 3.22. The predicted octanol–water partition coefficient (Wildman–Crippen LogP) is 2.12. The summed E-state index contributed by atoms with van der Waals surface area (Å²) in [5.41, 5.74) is 0. The van der Waals surface area contributed by atoms with E-state index in [9.17, 15) is 13.2 Å². The smallest absolute Gasteiger partial charge is 0.356 e. The molecule has 1 heterocycles. The zero-order valence-electron chi connectivity index (χ0n) is 12.5. The lowest BCUT2D eigenvalue weighted by Crippen LogP contribution is -2.45. The Kier molecular flexibility index (Phi) is 5.72. The van der Waals surface area contributed by atoms with Gasteiger partial charge in [0.15, 0.2) is 5.96 Å². The van der Waals surface area contributed by atoms with Crippen molar-refractivity contribution in [1.82, 2.24) is 15.5 Å². The molecule has 0 aromatic rings. The maximum atomic E-state index is 12.1. The first-order valence-corrected chi connectivity index (χ1v) is 7.76. The summed E-state index contributed by atoms with van der Waals surface area (Å²) in [6.45, 7) is 1.90. The molecule has 122 valence electrons. The van der Waals surface area contributed by atoms with Gasteiger partial charge in [-0.15, -0.1) is 0 Å². The van der Waals surface area contributed by atoms with Crippen LogP contribution < -0.4 is 10.6 Å². The van der Waals surface area contributed by atoms with Crippen molar-refractivity contribution < 1.29 is 13.2 Å². The fraction of sp³-hybridized carbons (Fsp3) is 0.929. The lowest BCUT2D eigenvalue weighted by molar-refractivity contribution is -0.132. The van der Waals surface area contributed by atoms with Crippen molar-refractivity contribution in [3.05, 3.63) is 0 Å². The number of alkyl halides is 3. The van der Waals surface area contributed by atoms with Gasteiger partial charge in [-0.1, -0.05) is 12.8 Å². The number of hydrogen-bond donors (Lipinski definition) is 2. The van der Waals surface area contributed by atoms with Crippen LogP contribution in [-0.4, -0.2) is 55.8 Å². The van der Waals surface area contributed by atoms with Crippen LogP contribution in [0.4, 0.5) is 13.2 Å². The summed E-state index contributed by atoms with van der Waals surface area (Å²) in [4.78, 5) is 6.51. The molecule has 21 heavy (non-hydrogen) atoms. The molecule has 0 amide bonds. The highest BCUT2D eigenvalue weighted by Gasteiger charge is 2.30. The van der Waals surface area contributed by atoms with E-state index >= 15 is 0 Å². The van der Waals surface area contributed by atoms with Gasteiger partial charge in [0, 0.05) is 38.8 Å². The molecule has 1 saturated carbocycles. The third kappa shape index (κ3) is 5.37. The monoisotopic (exact) mass is 306 g/mol. The van der Waals surface area contributed by atoms with E-state index in [-0.39, 0.29) is 12.6 Å². The molecule has 0 radical (unpaired) electrons. The Labute approximate surface area is 124 Å². The van der Waals surface area contributed by atoms with E-state index in [0.29, 0.717) is 12.0 Å². The molecule has 1 aliphatic carbocycles. The van der Waals surface area contributed by atoms with Crippen LogP contribution in [0.25, 0.3) is 0 Å². The molecule has 2 aliphatic rings. The molecule has 2 fully saturated rings. The van der Waals surface area contributed by atoms with E-state index in [1.54, 1.807) is 7.05 Å². The first-order chi connectivity index (χ1) is 9.98. The zero-order chi connectivity index (χ0) is 15.3. The molecule has 1 aliphatic heterocycles. The molecule has 0 aromatic carbocycles. The molecule has 4 nitrogen and oxygen atoms in total. The Morgan fingerprint density at radius 2 is 1.95 bits per heavy atom. The Hall–Kier alpha value is -0.980. The average molecular weight is 306 g/mol. The largest absolute Gasteiger partial charge is 0.390 e. The number of halogens is 3. The van der Waals surface area contributed by atoms with Crippen molar-refractivity contribution >= 4 is 5.96 Å². The number of nitrogens with one attached hydrogen (secondary N) is 2. The SMILES string of the molecule is CN=C(NCCC(F)(F)F)NC1CCN(C2CCCC2)C1. The number of hydrogen-bond acceptors (Lipinski definition) is 2. The third-order valence-electron chi connectivity index (χ3n) is 4.33. The molecule has 7 heteroatoms. The predicted molar refractivity (Wildman–Crippen MR) is 77.4 cm³/mol. The highest BCUT2D eigenvalue weighted by molar-refractivity contribution is 5.80. The minimum absolute atomic E-state index is 0.137. The van der Waals surface area contributed by atoms with Crippen LogP contribution in [0.3, 0.4) is 0 Å². The molecule has 1 atom stereocenters. The van der Waals surface area contributed by atoms with Gasteiger partial charge >= 0.3 is 6.18 Å². The van der Waals surface area contributed by atoms with Gasteiger partial charge in [-0.25, -0.2) is 0 Å². The molecule has 0 spiro atoms. The van der Waals surface area contributed by atoms with E-state index in [1.807, 2.05) is 0 Å². The molecule has 1 unspecified atom stereocenters. The normalized spacial score (nSPS) is 25.5. The maximum Gasteiger partial charge on any atom is 0.390 e. The molecule has 0 bridgehead atoms. The first kappa shape index (κ1) is 16.4. The van der Waals surface area contributed by atoms with Gasteiger partial charge < -0.3 is 10.6 Å². The van der Waals surface area contributed by atoms with Crippen molar-refractivity contribution in [1.29, 1.82) is 0 Å². The number of rotatable bonds is 4. The molecular weight excluding hydrogens is 281 g/mol. The van der Waals surface area contributed by atoms with Crippen LogP contribution in [0.5, 0.6) is 0 Å². The molecule has 0 aromatic heterocycles. The first-order valence-electron chi connectivity index (χ1n) is 7.76. The molecule has 2 N–H and O–H groups in total. The van der Waals surface area contributed by atoms with E-state index in [2.05, 4.69) is 20.5 Å². The van der Waals surface area contributed by atoms with Gasteiger partial charge in [-0.05, 0) is 19.3 Å². The van der Waals surface area contributed by atoms with E-state index in [4.69, 9.17) is 0 Å². The van der Waals surface area contributed by atoms with Gasteiger partial charge in [-0.3, -0.25) is 9.89 Å². The fourth-order valence-corrected chi connectivity index (χ4v) is 3.22.